The number of halogens is 3. The number of ether oxygens (including phenoxy) is 1. The topological polar surface area (TPSA) is 59.4 Å². The van der Waals surface area contributed by atoms with Crippen molar-refractivity contribution in [3.63, 3.8) is 0 Å². The maximum Gasteiger partial charge on any atom is 0.433 e. The van der Waals surface area contributed by atoms with Crippen molar-refractivity contribution in [2.75, 3.05) is 7.11 Å². The van der Waals surface area contributed by atoms with E-state index in [1.165, 1.54) is 31.4 Å². The van der Waals surface area contributed by atoms with Gasteiger partial charge in [-0.25, -0.2) is 9.78 Å². The molecule has 0 amide bonds. The number of carboxylic acid groups (broad SMARTS) is 1. The molecule has 1 aromatic heterocycles. The molecule has 0 fully saturated rings. The summed E-state index contributed by atoms with van der Waals surface area (Å²) in [4.78, 5) is 14.5. The fourth-order valence-corrected chi connectivity index (χ4v) is 1.83. The number of methoxy groups -OCH3 is 1. The van der Waals surface area contributed by atoms with Crippen LogP contribution in [0.15, 0.2) is 36.4 Å². The third kappa shape index (κ3) is 3.13. The summed E-state index contributed by atoms with van der Waals surface area (Å²) >= 11 is 0. The van der Waals surface area contributed by atoms with Crippen LogP contribution in [0.4, 0.5) is 13.2 Å². The van der Waals surface area contributed by atoms with Gasteiger partial charge in [0, 0.05) is 6.07 Å². The molecule has 1 N–H and O–H groups in total. The van der Waals surface area contributed by atoms with Crippen molar-refractivity contribution in [3.05, 3.63) is 47.7 Å². The van der Waals surface area contributed by atoms with Crippen LogP contribution in [0.3, 0.4) is 0 Å². The molecule has 0 bridgehead atoms. The number of alkyl halides is 3. The molecule has 0 spiro atoms. The normalized spacial score (nSPS) is 11.2. The van der Waals surface area contributed by atoms with Crippen LogP contribution in [0.2, 0.25) is 0 Å². The summed E-state index contributed by atoms with van der Waals surface area (Å²) in [5, 5.41) is 9.11. The molecule has 2 rings (SSSR count). The molecular weight excluding hydrogens is 287 g/mol. The van der Waals surface area contributed by atoms with Gasteiger partial charge in [-0.2, -0.15) is 13.2 Å². The molecule has 0 atom stereocenters. The molecule has 0 saturated heterocycles. The summed E-state index contributed by atoms with van der Waals surface area (Å²) in [6.45, 7) is 0. The summed E-state index contributed by atoms with van der Waals surface area (Å²) in [6, 6.07) is 7.84. The van der Waals surface area contributed by atoms with Crippen LogP contribution in [0.25, 0.3) is 11.1 Å². The van der Waals surface area contributed by atoms with Crippen LogP contribution >= 0.6 is 0 Å². The Hall–Kier alpha value is -2.57. The maximum absolute atomic E-state index is 12.8. The Morgan fingerprint density at radius 1 is 1.24 bits per heavy atom. The van der Waals surface area contributed by atoms with E-state index < -0.39 is 17.8 Å². The molecule has 0 aliphatic rings. The molecule has 0 saturated carbocycles. The van der Waals surface area contributed by atoms with Crippen molar-refractivity contribution in [1.29, 1.82) is 0 Å². The van der Waals surface area contributed by atoms with Gasteiger partial charge in [-0.05, 0) is 23.3 Å². The van der Waals surface area contributed by atoms with Crippen LogP contribution in [0.5, 0.6) is 5.88 Å². The molecule has 1 heterocycles. The molecular formula is C14H10F3NO3. The van der Waals surface area contributed by atoms with Gasteiger partial charge < -0.3 is 9.84 Å². The number of pyridine rings is 1. The zero-order valence-corrected chi connectivity index (χ0v) is 10.8. The minimum absolute atomic E-state index is 0.0761. The third-order valence-corrected chi connectivity index (χ3v) is 2.77. The fourth-order valence-electron chi connectivity index (χ4n) is 1.83. The standard InChI is InChI=1S/C14H10F3NO3/c1-21-12-7-8(6-11(18-12)14(15,16)17)9-4-2-3-5-10(9)13(19)20/h2-7H,1H3,(H,19,20). The van der Waals surface area contributed by atoms with E-state index in [4.69, 9.17) is 9.84 Å². The third-order valence-electron chi connectivity index (χ3n) is 2.77. The highest BCUT2D eigenvalue weighted by Gasteiger charge is 2.33. The van der Waals surface area contributed by atoms with E-state index in [9.17, 15) is 18.0 Å². The average Bonchev–Trinajstić information content (AvgIpc) is 2.45. The summed E-state index contributed by atoms with van der Waals surface area (Å²) in [6.07, 6.45) is -4.65. The van der Waals surface area contributed by atoms with Crippen molar-refractivity contribution < 1.29 is 27.8 Å². The number of hydrogen-bond donors (Lipinski definition) is 1. The molecule has 0 aliphatic carbocycles. The van der Waals surface area contributed by atoms with E-state index in [0.717, 1.165) is 6.07 Å². The summed E-state index contributed by atoms with van der Waals surface area (Å²) in [5.74, 6) is -1.46. The first-order valence-corrected chi connectivity index (χ1v) is 5.79. The number of nitrogens with zero attached hydrogens (tertiary/aromatic N) is 1. The average molecular weight is 297 g/mol. The largest absolute Gasteiger partial charge is 0.481 e. The molecule has 110 valence electrons. The maximum atomic E-state index is 12.8. The van der Waals surface area contributed by atoms with E-state index >= 15 is 0 Å². The SMILES string of the molecule is COc1cc(-c2ccccc2C(=O)O)cc(C(F)(F)F)n1. The Kier molecular flexibility index (Phi) is 3.84. The lowest BCUT2D eigenvalue weighted by atomic mass is 10.00. The van der Waals surface area contributed by atoms with Crippen molar-refractivity contribution in [1.82, 2.24) is 4.98 Å². The lowest BCUT2D eigenvalue weighted by Crippen LogP contribution is -2.09. The van der Waals surface area contributed by atoms with Gasteiger partial charge in [0.25, 0.3) is 0 Å². The van der Waals surface area contributed by atoms with Crippen molar-refractivity contribution >= 4 is 5.97 Å². The zero-order valence-electron chi connectivity index (χ0n) is 10.8. The minimum Gasteiger partial charge on any atom is -0.481 e. The van der Waals surface area contributed by atoms with Gasteiger partial charge in [0.05, 0.1) is 12.7 Å². The number of carbonyl (C=O) groups is 1. The lowest BCUT2D eigenvalue weighted by Gasteiger charge is -2.12. The Balaban J connectivity index is 2.67. The fraction of sp³-hybridized carbons (Fsp3) is 0.143. The van der Waals surface area contributed by atoms with Crippen LogP contribution in [-0.4, -0.2) is 23.2 Å². The quantitative estimate of drug-likeness (QED) is 0.942. The van der Waals surface area contributed by atoms with Gasteiger partial charge in [0.15, 0.2) is 0 Å². The first-order chi connectivity index (χ1) is 9.82. The van der Waals surface area contributed by atoms with Gasteiger partial charge in [-0.3, -0.25) is 0 Å². The monoisotopic (exact) mass is 297 g/mol. The molecule has 4 nitrogen and oxygen atoms in total. The number of rotatable bonds is 3. The van der Waals surface area contributed by atoms with Crippen molar-refractivity contribution in [2.24, 2.45) is 0 Å². The van der Waals surface area contributed by atoms with Crippen LogP contribution < -0.4 is 4.74 Å². The molecule has 0 unspecified atom stereocenters. The Labute approximate surface area is 117 Å². The highest BCUT2D eigenvalue weighted by Crippen LogP contribution is 2.34. The predicted molar refractivity (Wildman–Crippen MR) is 68.2 cm³/mol. The Morgan fingerprint density at radius 3 is 2.48 bits per heavy atom. The number of benzene rings is 1. The summed E-state index contributed by atoms with van der Waals surface area (Å²) in [5.41, 5.74) is -1.00. The molecule has 0 radical (unpaired) electrons. The van der Waals surface area contributed by atoms with Crippen molar-refractivity contribution in [3.8, 4) is 17.0 Å². The molecule has 1 aromatic carbocycles. The van der Waals surface area contributed by atoms with E-state index in [1.807, 2.05) is 0 Å². The number of aromatic nitrogens is 1. The smallest absolute Gasteiger partial charge is 0.433 e. The second-order valence-electron chi connectivity index (χ2n) is 4.13. The first kappa shape index (κ1) is 14.8. The van der Waals surface area contributed by atoms with Crippen LogP contribution in [0.1, 0.15) is 16.1 Å². The van der Waals surface area contributed by atoms with E-state index in [2.05, 4.69) is 4.98 Å². The molecule has 7 heteroatoms. The minimum atomic E-state index is -4.65. The predicted octanol–water partition coefficient (Wildman–Crippen LogP) is 3.47. The van der Waals surface area contributed by atoms with Gasteiger partial charge in [0.2, 0.25) is 5.88 Å². The van der Waals surface area contributed by atoms with Crippen LogP contribution in [-0.2, 0) is 6.18 Å². The zero-order chi connectivity index (χ0) is 15.6. The highest BCUT2D eigenvalue weighted by molar-refractivity contribution is 5.96. The second-order valence-corrected chi connectivity index (χ2v) is 4.13. The number of carboxylic acids is 1. The van der Waals surface area contributed by atoms with E-state index in [1.54, 1.807) is 6.07 Å². The van der Waals surface area contributed by atoms with Gasteiger partial charge in [0.1, 0.15) is 5.69 Å². The second kappa shape index (κ2) is 5.43. The molecule has 2 aromatic rings. The van der Waals surface area contributed by atoms with Gasteiger partial charge >= 0.3 is 12.1 Å². The van der Waals surface area contributed by atoms with Crippen LogP contribution in [0, 0.1) is 0 Å². The number of aromatic carboxylic acids is 1. The van der Waals surface area contributed by atoms with E-state index in [-0.39, 0.29) is 22.6 Å². The summed E-state index contributed by atoms with van der Waals surface area (Å²) in [7, 11) is 1.19. The summed E-state index contributed by atoms with van der Waals surface area (Å²) < 4.78 is 43.2. The van der Waals surface area contributed by atoms with E-state index in [0.29, 0.717) is 0 Å². The molecule has 21 heavy (non-hydrogen) atoms. The number of hydrogen-bond acceptors (Lipinski definition) is 3. The molecule has 0 aliphatic heterocycles. The Bertz CT molecular complexity index is 683. The highest BCUT2D eigenvalue weighted by atomic mass is 19.4. The Morgan fingerprint density at radius 2 is 1.90 bits per heavy atom. The first-order valence-electron chi connectivity index (χ1n) is 5.79. The van der Waals surface area contributed by atoms with Gasteiger partial charge in [-0.15, -0.1) is 0 Å². The van der Waals surface area contributed by atoms with Crippen molar-refractivity contribution in [2.45, 2.75) is 6.18 Å². The van der Waals surface area contributed by atoms with Gasteiger partial charge in [-0.1, -0.05) is 18.2 Å². The lowest BCUT2D eigenvalue weighted by molar-refractivity contribution is -0.141.